The van der Waals surface area contributed by atoms with Gasteiger partial charge in [0.1, 0.15) is 6.04 Å². The molecule has 0 radical (unpaired) electrons. The van der Waals surface area contributed by atoms with Crippen LogP contribution in [0, 0.1) is 0 Å². The fraction of sp³-hybridized carbons (Fsp3) is 0.421. The van der Waals surface area contributed by atoms with Crippen molar-refractivity contribution in [2.24, 2.45) is 0 Å². The van der Waals surface area contributed by atoms with E-state index in [9.17, 15) is 14.4 Å². The number of carbonyl (C=O) groups is 3. The molecule has 3 N–H and O–H groups in total. The Balaban J connectivity index is 1.50. The lowest BCUT2D eigenvalue weighted by Gasteiger charge is -2.29. The van der Waals surface area contributed by atoms with E-state index in [1.165, 1.54) is 0 Å². The van der Waals surface area contributed by atoms with Crippen LogP contribution < -0.4 is 16.0 Å². The zero-order valence-corrected chi connectivity index (χ0v) is 14.5. The Bertz CT molecular complexity index is 789. The first kappa shape index (κ1) is 16.9. The fourth-order valence-corrected chi connectivity index (χ4v) is 3.82. The van der Waals surface area contributed by atoms with Crippen molar-refractivity contribution in [3.63, 3.8) is 0 Å². The first-order valence-electron chi connectivity index (χ1n) is 8.99. The number of fused-ring (bicyclic) bond motifs is 1. The van der Waals surface area contributed by atoms with Crippen molar-refractivity contribution in [2.75, 3.05) is 13.1 Å². The van der Waals surface area contributed by atoms with Crippen molar-refractivity contribution in [3.8, 4) is 0 Å². The van der Waals surface area contributed by atoms with Gasteiger partial charge in [-0.15, -0.1) is 0 Å². The van der Waals surface area contributed by atoms with E-state index in [1.807, 2.05) is 18.2 Å². The third-order valence-electron chi connectivity index (χ3n) is 5.23. The van der Waals surface area contributed by atoms with Crippen LogP contribution in [0.25, 0.3) is 0 Å². The number of nitrogens with zero attached hydrogens (tertiary/aromatic N) is 1. The third-order valence-corrected chi connectivity index (χ3v) is 5.23. The minimum Gasteiger partial charge on any atom is -0.322 e. The van der Waals surface area contributed by atoms with Crippen LogP contribution in [0.5, 0.6) is 0 Å². The maximum atomic E-state index is 12.8. The number of carbonyl (C=O) groups excluding carboxylic acids is 3. The molecule has 2 atom stereocenters. The van der Waals surface area contributed by atoms with E-state index in [0.29, 0.717) is 25.1 Å². The van der Waals surface area contributed by atoms with Crippen molar-refractivity contribution >= 4 is 17.7 Å². The second-order valence-electron chi connectivity index (χ2n) is 6.92. The monoisotopic (exact) mass is 354 g/mol. The highest BCUT2D eigenvalue weighted by atomic mass is 16.2. The van der Waals surface area contributed by atoms with Crippen molar-refractivity contribution in [3.05, 3.63) is 47.0 Å². The third kappa shape index (κ3) is 3.15. The van der Waals surface area contributed by atoms with Gasteiger partial charge >= 0.3 is 0 Å². The Hall–Kier alpha value is -2.51. The van der Waals surface area contributed by atoms with Gasteiger partial charge in [-0.25, -0.2) is 0 Å². The van der Waals surface area contributed by atoms with Crippen molar-refractivity contribution in [1.82, 2.24) is 20.9 Å². The molecule has 1 aromatic carbocycles. The molecule has 3 amide bonds. The normalized spacial score (nSPS) is 25.4. The van der Waals surface area contributed by atoms with Crippen LogP contribution in [-0.2, 0) is 22.7 Å². The number of benzene rings is 1. The molecule has 4 rings (SSSR count). The first-order valence-corrected chi connectivity index (χ1v) is 8.99. The van der Waals surface area contributed by atoms with E-state index in [0.717, 1.165) is 24.2 Å². The fourth-order valence-electron chi connectivity index (χ4n) is 3.82. The second kappa shape index (κ2) is 7.01. The summed E-state index contributed by atoms with van der Waals surface area (Å²) < 4.78 is 0. The van der Waals surface area contributed by atoms with Gasteiger partial charge in [0.05, 0.1) is 0 Å². The van der Waals surface area contributed by atoms with E-state index in [4.69, 9.17) is 0 Å². The Morgan fingerprint density at radius 3 is 2.88 bits per heavy atom. The predicted molar refractivity (Wildman–Crippen MR) is 95.1 cm³/mol. The number of imide groups is 1. The van der Waals surface area contributed by atoms with E-state index >= 15 is 0 Å². The quantitative estimate of drug-likeness (QED) is 0.526. The SMILES string of the molecule is O=C1CCC(N2Cc3c(CNC4C=CCNC4)cccc3C2=O)C(=O)N1. The number of nitrogens with one attached hydrogen (secondary N) is 3. The van der Waals surface area contributed by atoms with Crippen molar-refractivity contribution < 1.29 is 14.4 Å². The Morgan fingerprint density at radius 2 is 2.12 bits per heavy atom. The number of hydrogen-bond donors (Lipinski definition) is 3. The van der Waals surface area contributed by atoms with Crippen LogP contribution in [0.1, 0.15) is 34.3 Å². The van der Waals surface area contributed by atoms with Crippen LogP contribution in [-0.4, -0.2) is 47.8 Å². The molecule has 0 aromatic heterocycles. The highest BCUT2D eigenvalue weighted by molar-refractivity contribution is 6.05. The molecule has 0 spiro atoms. The maximum absolute atomic E-state index is 12.8. The number of amides is 3. The second-order valence-corrected chi connectivity index (χ2v) is 6.92. The van der Waals surface area contributed by atoms with Crippen LogP contribution >= 0.6 is 0 Å². The topological polar surface area (TPSA) is 90.5 Å². The summed E-state index contributed by atoms with van der Waals surface area (Å²) in [6, 6.07) is 5.42. The Kier molecular flexibility index (Phi) is 4.57. The number of hydrogen-bond acceptors (Lipinski definition) is 5. The molecule has 1 fully saturated rings. The van der Waals surface area contributed by atoms with Crippen molar-refractivity contribution in [1.29, 1.82) is 0 Å². The molecule has 3 heterocycles. The molecule has 7 heteroatoms. The van der Waals surface area contributed by atoms with Crippen LogP contribution in [0.3, 0.4) is 0 Å². The lowest BCUT2D eigenvalue weighted by molar-refractivity contribution is -0.136. The lowest BCUT2D eigenvalue weighted by atomic mass is 10.0. The summed E-state index contributed by atoms with van der Waals surface area (Å²) in [6.45, 7) is 2.86. The summed E-state index contributed by atoms with van der Waals surface area (Å²) in [6.07, 6.45) is 4.91. The molecule has 1 saturated heterocycles. The van der Waals surface area contributed by atoms with Gasteiger partial charge in [0.2, 0.25) is 11.8 Å². The van der Waals surface area contributed by atoms with Crippen molar-refractivity contribution in [2.45, 2.75) is 38.0 Å². The summed E-state index contributed by atoms with van der Waals surface area (Å²) in [4.78, 5) is 37.9. The van der Waals surface area contributed by atoms with Crippen LogP contribution in [0.15, 0.2) is 30.4 Å². The highest BCUT2D eigenvalue weighted by Gasteiger charge is 2.39. The molecule has 136 valence electrons. The van der Waals surface area contributed by atoms with Gasteiger partial charge in [-0.3, -0.25) is 19.7 Å². The maximum Gasteiger partial charge on any atom is 0.255 e. The minimum absolute atomic E-state index is 0.129. The molecule has 0 saturated carbocycles. The molecule has 0 bridgehead atoms. The molecule has 0 aliphatic carbocycles. The lowest BCUT2D eigenvalue weighted by Crippen LogP contribution is -2.52. The van der Waals surface area contributed by atoms with Crippen LogP contribution in [0.2, 0.25) is 0 Å². The smallest absolute Gasteiger partial charge is 0.255 e. The van der Waals surface area contributed by atoms with Crippen LogP contribution in [0.4, 0.5) is 0 Å². The average Bonchev–Trinajstić information content (AvgIpc) is 2.98. The summed E-state index contributed by atoms with van der Waals surface area (Å²) in [5.74, 6) is -0.773. The average molecular weight is 354 g/mol. The standard InChI is InChI=1S/C19H22N4O3/c24-17-7-6-16(18(25)22-17)23-11-15-12(3-1-5-14(15)19(23)26)9-21-13-4-2-8-20-10-13/h1-5,13,16,20-21H,6-11H2,(H,22,24,25). The summed E-state index contributed by atoms with van der Waals surface area (Å²) in [5.41, 5.74) is 2.71. The largest absolute Gasteiger partial charge is 0.322 e. The Morgan fingerprint density at radius 1 is 1.23 bits per heavy atom. The van der Waals surface area contributed by atoms with Gasteiger partial charge < -0.3 is 15.5 Å². The molecule has 3 aliphatic heterocycles. The molecular weight excluding hydrogens is 332 g/mol. The molecule has 2 unspecified atom stereocenters. The first-order chi connectivity index (χ1) is 12.6. The van der Waals surface area contributed by atoms with E-state index in [1.54, 1.807) is 4.90 Å². The Labute approximate surface area is 151 Å². The number of rotatable bonds is 4. The molecule has 26 heavy (non-hydrogen) atoms. The van der Waals surface area contributed by atoms with Gasteiger partial charge in [-0.1, -0.05) is 24.3 Å². The van der Waals surface area contributed by atoms with E-state index < -0.39 is 6.04 Å². The summed E-state index contributed by atoms with van der Waals surface area (Å²) >= 11 is 0. The zero-order valence-electron chi connectivity index (χ0n) is 14.5. The summed E-state index contributed by atoms with van der Waals surface area (Å²) in [5, 5.41) is 9.13. The minimum atomic E-state index is -0.570. The van der Waals surface area contributed by atoms with Gasteiger partial charge in [0.15, 0.2) is 0 Å². The highest BCUT2D eigenvalue weighted by Crippen LogP contribution is 2.29. The molecule has 7 nitrogen and oxygen atoms in total. The van der Waals surface area contributed by atoms with Gasteiger partial charge in [-0.2, -0.15) is 0 Å². The van der Waals surface area contributed by atoms with E-state index in [2.05, 4.69) is 28.1 Å². The molecule has 3 aliphatic rings. The molecule has 1 aromatic rings. The predicted octanol–water partition coefficient (Wildman–Crippen LogP) is 0.0652. The van der Waals surface area contributed by atoms with E-state index in [-0.39, 0.29) is 30.2 Å². The number of piperidine rings is 1. The summed E-state index contributed by atoms with van der Waals surface area (Å²) in [7, 11) is 0. The van der Waals surface area contributed by atoms with Gasteiger partial charge in [-0.05, 0) is 23.6 Å². The zero-order chi connectivity index (χ0) is 18.1. The molecular formula is C19H22N4O3. The van der Waals surface area contributed by atoms with Gasteiger partial charge in [0, 0.05) is 44.2 Å². The van der Waals surface area contributed by atoms with Gasteiger partial charge in [0.25, 0.3) is 5.91 Å².